The minimum atomic E-state index is 0.0901. The van der Waals surface area contributed by atoms with Crippen LogP contribution in [0, 0.1) is 11.8 Å². The van der Waals surface area contributed by atoms with Crippen molar-refractivity contribution in [2.45, 2.75) is 76.4 Å². The molecule has 1 saturated heterocycles. The number of Topliss-reactive ketones (excluding diaryl/α,β-unsaturated/α-hetero) is 2. The molecule has 3 fully saturated rings. The summed E-state index contributed by atoms with van der Waals surface area (Å²) in [5.74, 6) is 1.42. The zero-order valence-electron chi connectivity index (χ0n) is 11.6. The average molecular weight is 264 g/mol. The summed E-state index contributed by atoms with van der Waals surface area (Å²) in [5.41, 5.74) is 0. The third kappa shape index (κ3) is 3.07. The Morgan fingerprint density at radius 1 is 0.737 bits per heavy atom. The molecule has 0 aromatic rings. The van der Waals surface area contributed by atoms with Crippen molar-refractivity contribution in [2.24, 2.45) is 11.8 Å². The van der Waals surface area contributed by atoms with Crippen LogP contribution >= 0.6 is 0 Å². The summed E-state index contributed by atoms with van der Waals surface area (Å²) in [5, 5.41) is 0. The van der Waals surface area contributed by atoms with E-state index in [1.165, 1.54) is 12.8 Å². The molecule has 0 bridgehead atoms. The van der Waals surface area contributed by atoms with Gasteiger partial charge in [0, 0.05) is 24.7 Å². The van der Waals surface area contributed by atoms with E-state index in [1.807, 2.05) is 0 Å². The summed E-state index contributed by atoms with van der Waals surface area (Å²) in [6.45, 7) is 0. The Hall–Kier alpha value is -0.700. The van der Waals surface area contributed by atoms with Crippen LogP contribution in [0.5, 0.6) is 0 Å². The van der Waals surface area contributed by atoms with Gasteiger partial charge in [0.1, 0.15) is 11.6 Å². The lowest BCUT2D eigenvalue weighted by atomic mass is 9.80. The highest BCUT2D eigenvalue weighted by Crippen LogP contribution is 2.33. The first-order chi connectivity index (χ1) is 9.22. The maximum Gasteiger partial charge on any atom is 0.138 e. The number of carbonyl (C=O) groups excluding carboxylic acids is 2. The van der Waals surface area contributed by atoms with Crippen molar-refractivity contribution < 1.29 is 14.3 Å². The van der Waals surface area contributed by atoms with Crippen molar-refractivity contribution >= 4 is 11.6 Å². The number of ketones is 2. The lowest BCUT2D eigenvalue weighted by Crippen LogP contribution is -2.28. The van der Waals surface area contributed by atoms with Crippen LogP contribution in [-0.4, -0.2) is 23.8 Å². The molecule has 3 rings (SSSR count). The summed E-state index contributed by atoms with van der Waals surface area (Å²) >= 11 is 0. The van der Waals surface area contributed by atoms with Crippen LogP contribution in [0.4, 0.5) is 0 Å². The standard InChI is InChI=1S/C16H24O3/c17-15(11-3-1-4-11)9-13-7-8-14(19-13)10-16(18)12-5-2-6-12/h11-14H,1-10H2. The summed E-state index contributed by atoms with van der Waals surface area (Å²) < 4.78 is 5.90. The van der Waals surface area contributed by atoms with E-state index >= 15 is 0 Å². The zero-order valence-corrected chi connectivity index (χ0v) is 11.6. The Morgan fingerprint density at radius 2 is 1.16 bits per heavy atom. The Morgan fingerprint density at radius 3 is 1.47 bits per heavy atom. The monoisotopic (exact) mass is 264 g/mol. The fourth-order valence-corrected chi connectivity index (χ4v) is 3.32. The van der Waals surface area contributed by atoms with Crippen molar-refractivity contribution in [3.8, 4) is 0 Å². The van der Waals surface area contributed by atoms with E-state index in [2.05, 4.69) is 0 Å². The largest absolute Gasteiger partial charge is 0.374 e. The maximum absolute atomic E-state index is 11.9. The predicted octanol–water partition coefficient (Wildman–Crippen LogP) is 3.05. The lowest BCUT2D eigenvalue weighted by molar-refractivity contribution is -0.129. The van der Waals surface area contributed by atoms with E-state index in [0.717, 1.165) is 38.5 Å². The van der Waals surface area contributed by atoms with Gasteiger partial charge < -0.3 is 4.74 Å². The van der Waals surface area contributed by atoms with Gasteiger partial charge in [0.15, 0.2) is 0 Å². The number of hydrogen-bond acceptors (Lipinski definition) is 3. The molecule has 0 radical (unpaired) electrons. The van der Waals surface area contributed by atoms with Gasteiger partial charge in [-0.1, -0.05) is 12.8 Å². The molecule has 3 heteroatoms. The highest BCUT2D eigenvalue weighted by Gasteiger charge is 2.34. The summed E-state index contributed by atoms with van der Waals surface area (Å²) in [7, 11) is 0. The van der Waals surface area contributed by atoms with E-state index in [-0.39, 0.29) is 12.2 Å². The molecule has 1 heterocycles. The molecule has 0 N–H and O–H groups in total. The van der Waals surface area contributed by atoms with E-state index in [4.69, 9.17) is 4.74 Å². The van der Waals surface area contributed by atoms with Gasteiger partial charge in [-0.3, -0.25) is 9.59 Å². The molecular formula is C16H24O3. The molecule has 3 aliphatic rings. The van der Waals surface area contributed by atoms with Crippen molar-refractivity contribution in [2.75, 3.05) is 0 Å². The quantitative estimate of drug-likeness (QED) is 0.740. The van der Waals surface area contributed by atoms with Gasteiger partial charge in [-0.05, 0) is 38.5 Å². The first-order valence-electron chi connectivity index (χ1n) is 7.93. The third-order valence-electron chi connectivity index (χ3n) is 5.17. The van der Waals surface area contributed by atoms with Crippen molar-refractivity contribution in [1.82, 2.24) is 0 Å². The van der Waals surface area contributed by atoms with Gasteiger partial charge in [0.05, 0.1) is 12.2 Å². The fourth-order valence-electron chi connectivity index (χ4n) is 3.32. The van der Waals surface area contributed by atoms with E-state index < -0.39 is 0 Å². The maximum atomic E-state index is 11.9. The van der Waals surface area contributed by atoms with Crippen LogP contribution < -0.4 is 0 Å². The van der Waals surface area contributed by atoms with Gasteiger partial charge in [-0.15, -0.1) is 0 Å². The number of carbonyl (C=O) groups is 2. The van der Waals surface area contributed by atoms with Crippen LogP contribution in [-0.2, 0) is 14.3 Å². The number of ether oxygens (including phenoxy) is 1. The number of rotatable bonds is 6. The highest BCUT2D eigenvalue weighted by atomic mass is 16.5. The molecule has 0 spiro atoms. The second-order valence-corrected chi connectivity index (χ2v) is 6.55. The van der Waals surface area contributed by atoms with Gasteiger partial charge in [0.2, 0.25) is 0 Å². The molecule has 2 unspecified atom stereocenters. The predicted molar refractivity (Wildman–Crippen MR) is 71.8 cm³/mol. The zero-order chi connectivity index (χ0) is 13.2. The highest BCUT2D eigenvalue weighted by molar-refractivity contribution is 5.83. The Kier molecular flexibility index (Phi) is 4.01. The molecular weight excluding hydrogens is 240 g/mol. The van der Waals surface area contributed by atoms with Gasteiger partial charge >= 0.3 is 0 Å². The summed E-state index contributed by atoms with van der Waals surface area (Å²) in [6.07, 6.45) is 9.99. The normalized spacial score (nSPS) is 31.8. The van der Waals surface area contributed by atoms with Gasteiger partial charge in [-0.2, -0.15) is 0 Å². The minimum absolute atomic E-state index is 0.0901. The van der Waals surface area contributed by atoms with Crippen molar-refractivity contribution in [3.05, 3.63) is 0 Å². The average Bonchev–Trinajstić information content (AvgIpc) is 2.59. The van der Waals surface area contributed by atoms with Gasteiger partial charge in [-0.25, -0.2) is 0 Å². The first-order valence-corrected chi connectivity index (χ1v) is 7.93. The van der Waals surface area contributed by atoms with Crippen molar-refractivity contribution in [3.63, 3.8) is 0 Å². The Balaban J connectivity index is 1.39. The van der Waals surface area contributed by atoms with Crippen LogP contribution in [0.25, 0.3) is 0 Å². The number of hydrogen-bond donors (Lipinski definition) is 0. The van der Waals surface area contributed by atoms with E-state index in [9.17, 15) is 9.59 Å². The second kappa shape index (κ2) is 5.74. The third-order valence-corrected chi connectivity index (χ3v) is 5.17. The summed E-state index contributed by atoms with van der Waals surface area (Å²) in [6, 6.07) is 0. The Bertz CT molecular complexity index is 321. The molecule has 2 aliphatic carbocycles. The Labute approximate surface area is 115 Å². The summed E-state index contributed by atoms with van der Waals surface area (Å²) in [4.78, 5) is 23.9. The van der Waals surface area contributed by atoms with Crippen LogP contribution in [0.3, 0.4) is 0 Å². The molecule has 0 amide bonds. The molecule has 0 aromatic carbocycles. The van der Waals surface area contributed by atoms with Gasteiger partial charge in [0.25, 0.3) is 0 Å². The SMILES string of the molecule is O=C(CC1CCC(CC(=O)C2CCC2)O1)C1CCC1. The lowest BCUT2D eigenvalue weighted by Gasteiger charge is -2.26. The van der Waals surface area contributed by atoms with E-state index in [1.54, 1.807) is 0 Å². The molecule has 2 atom stereocenters. The minimum Gasteiger partial charge on any atom is -0.374 e. The first kappa shape index (κ1) is 13.3. The smallest absolute Gasteiger partial charge is 0.138 e. The molecule has 106 valence electrons. The molecule has 2 saturated carbocycles. The molecule has 0 aromatic heterocycles. The molecule has 3 nitrogen and oxygen atoms in total. The second-order valence-electron chi connectivity index (χ2n) is 6.55. The molecule has 1 aliphatic heterocycles. The molecule has 19 heavy (non-hydrogen) atoms. The fraction of sp³-hybridized carbons (Fsp3) is 0.875. The van der Waals surface area contributed by atoms with Crippen molar-refractivity contribution in [1.29, 1.82) is 0 Å². The van der Waals surface area contributed by atoms with Crippen LogP contribution in [0.1, 0.15) is 64.2 Å². The van der Waals surface area contributed by atoms with Crippen LogP contribution in [0.15, 0.2) is 0 Å². The van der Waals surface area contributed by atoms with Crippen LogP contribution in [0.2, 0.25) is 0 Å². The topological polar surface area (TPSA) is 43.4 Å². The van der Waals surface area contributed by atoms with E-state index in [0.29, 0.717) is 36.2 Å².